The third-order valence-electron chi connectivity index (χ3n) is 5.20. The van der Waals surface area contributed by atoms with Gasteiger partial charge < -0.3 is 4.74 Å². The largest absolute Gasteiger partial charge is 0.361 e. The van der Waals surface area contributed by atoms with E-state index in [1.165, 1.54) is 0 Å². The van der Waals surface area contributed by atoms with Crippen LogP contribution in [0.1, 0.15) is 27.6 Å². The van der Waals surface area contributed by atoms with Gasteiger partial charge in [-0.2, -0.15) is 0 Å². The Morgan fingerprint density at radius 3 is 2.22 bits per heavy atom. The second-order valence-corrected chi connectivity index (χ2v) is 6.82. The first-order valence-electron chi connectivity index (χ1n) is 9.14. The molecule has 0 aliphatic carbocycles. The number of carbonyl (C=O) groups is 1. The van der Waals surface area contributed by atoms with Gasteiger partial charge in [-0.1, -0.05) is 84.9 Å². The van der Waals surface area contributed by atoms with Gasteiger partial charge in [0, 0.05) is 11.1 Å². The second-order valence-electron chi connectivity index (χ2n) is 6.82. The van der Waals surface area contributed by atoms with Crippen LogP contribution in [0.4, 0.5) is 0 Å². The first-order chi connectivity index (χ1) is 13.3. The third-order valence-corrected chi connectivity index (χ3v) is 5.20. The van der Waals surface area contributed by atoms with Crippen LogP contribution in [-0.2, 0) is 4.74 Å². The van der Waals surface area contributed by atoms with E-state index in [2.05, 4.69) is 36.4 Å². The maximum atomic E-state index is 12.8. The molecule has 4 aromatic carbocycles. The summed E-state index contributed by atoms with van der Waals surface area (Å²) in [6, 6.07) is 30.7. The van der Waals surface area contributed by atoms with Gasteiger partial charge in [0.1, 0.15) is 12.7 Å². The van der Waals surface area contributed by atoms with Crippen molar-refractivity contribution in [3.63, 3.8) is 0 Å². The standard InChI is InChI=1S/C25H18O2/c26-22-16-27-25(18-11-5-2-6-12-18)24-21(22)15-19-13-7-8-14-20(19)23(24)17-9-3-1-4-10-17/h1-15,25H,16H2. The van der Waals surface area contributed by atoms with E-state index in [0.717, 1.165) is 38.6 Å². The number of rotatable bonds is 2. The molecule has 27 heavy (non-hydrogen) atoms. The Morgan fingerprint density at radius 1 is 0.778 bits per heavy atom. The van der Waals surface area contributed by atoms with E-state index in [-0.39, 0.29) is 18.5 Å². The first-order valence-corrected chi connectivity index (χ1v) is 9.14. The number of carbonyl (C=O) groups excluding carboxylic acids is 1. The van der Waals surface area contributed by atoms with Crippen molar-refractivity contribution in [2.75, 3.05) is 6.61 Å². The number of fused-ring (bicyclic) bond motifs is 2. The smallest absolute Gasteiger partial charge is 0.188 e. The Bertz CT molecular complexity index is 1130. The maximum Gasteiger partial charge on any atom is 0.188 e. The Hall–Kier alpha value is -3.23. The number of ketones is 1. The molecule has 0 spiro atoms. The van der Waals surface area contributed by atoms with Gasteiger partial charge in [-0.15, -0.1) is 0 Å². The molecular formula is C25H18O2. The number of ether oxygens (including phenoxy) is 1. The van der Waals surface area contributed by atoms with E-state index in [9.17, 15) is 4.79 Å². The van der Waals surface area contributed by atoms with E-state index in [1.807, 2.05) is 54.6 Å². The molecule has 1 aliphatic heterocycles. The van der Waals surface area contributed by atoms with Crippen LogP contribution >= 0.6 is 0 Å². The van der Waals surface area contributed by atoms with Gasteiger partial charge in [-0.3, -0.25) is 4.79 Å². The number of benzene rings is 4. The Balaban J connectivity index is 1.89. The van der Waals surface area contributed by atoms with Gasteiger partial charge in [0.2, 0.25) is 0 Å². The zero-order chi connectivity index (χ0) is 18.2. The van der Waals surface area contributed by atoms with E-state index in [1.54, 1.807) is 0 Å². The zero-order valence-electron chi connectivity index (χ0n) is 14.8. The number of hydrogen-bond acceptors (Lipinski definition) is 2. The SMILES string of the molecule is O=C1COC(c2ccccc2)c2c1cc1ccccc1c2-c1ccccc1. The molecule has 0 saturated heterocycles. The Kier molecular flexibility index (Phi) is 3.84. The summed E-state index contributed by atoms with van der Waals surface area (Å²) in [6.45, 7) is 0.110. The summed E-state index contributed by atoms with van der Waals surface area (Å²) in [7, 11) is 0. The van der Waals surface area contributed by atoms with Crippen molar-refractivity contribution in [2.45, 2.75) is 6.10 Å². The molecule has 1 aliphatic rings. The molecule has 0 saturated carbocycles. The topological polar surface area (TPSA) is 26.3 Å². The van der Waals surface area contributed by atoms with Crippen LogP contribution in [0.3, 0.4) is 0 Å². The van der Waals surface area contributed by atoms with Crippen molar-refractivity contribution in [1.82, 2.24) is 0 Å². The molecule has 0 amide bonds. The van der Waals surface area contributed by atoms with E-state index in [4.69, 9.17) is 4.74 Å². The normalized spacial score (nSPS) is 16.3. The minimum absolute atomic E-state index is 0.0418. The van der Waals surface area contributed by atoms with Gasteiger partial charge in [0.15, 0.2) is 5.78 Å². The lowest BCUT2D eigenvalue weighted by molar-refractivity contribution is 0.0514. The molecule has 1 atom stereocenters. The molecule has 2 heteroatoms. The first kappa shape index (κ1) is 16.0. The summed E-state index contributed by atoms with van der Waals surface area (Å²) >= 11 is 0. The number of Topliss-reactive ketones (excluding diaryl/α,β-unsaturated/α-hetero) is 1. The summed E-state index contributed by atoms with van der Waals surface area (Å²) in [4.78, 5) is 12.8. The van der Waals surface area contributed by atoms with Crippen molar-refractivity contribution in [1.29, 1.82) is 0 Å². The summed E-state index contributed by atoms with van der Waals surface area (Å²) < 4.78 is 6.06. The van der Waals surface area contributed by atoms with Crippen LogP contribution in [0.25, 0.3) is 21.9 Å². The van der Waals surface area contributed by atoms with Crippen molar-refractivity contribution >= 4 is 16.6 Å². The molecule has 0 fully saturated rings. The van der Waals surface area contributed by atoms with Gasteiger partial charge in [0.25, 0.3) is 0 Å². The van der Waals surface area contributed by atoms with Crippen LogP contribution in [0, 0.1) is 0 Å². The minimum Gasteiger partial charge on any atom is -0.361 e. The summed E-state index contributed by atoms with van der Waals surface area (Å²) in [5.41, 5.74) is 5.00. The molecule has 0 aromatic heterocycles. The minimum atomic E-state index is -0.251. The van der Waals surface area contributed by atoms with E-state index < -0.39 is 0 Å². The Morgan fingerprint density at radius 2 is 1.44 bits per heavy atom. The average molecular weight is 350 g/mol. The fraction of sp³-hybridized carbons (Fsp3) is 0.0800. The predicted molar refractivity (Wildman–Crippen MR) is 108 cm³/mol. The molecule has 4 aromatic rings. The molecular weight excluding hydrogens is 332 g/mol. The molecule has 1 unspecified atom stereocenters. The van der Waals surface area contributed by atoms with E-state index in [0.29, 0.717) is 0 Å². The summed E-state index contributed by atoms with van der Waals surface area (Å²) in [5.74, 6) is 0.0418. The molecule has 2 nitrogen and oxygen atoms in total. The highest BCUT2D eigenvalue weighted by Gasteiger charge is 2.31. The molecule has 0 radical (unpaired) electrons. The molecule has 1 heterocycles. The van der Waals surface area contributed by atoms with Gasteiger partial charge in [-0.05, 0) is 33.5 Å². The van der Waals surface area contributed by atoms with Crippen molar-refractivity contribution in [2.24, 2.45) is 0 Å². The molecule has 0 bridgehead atoms. The fourth-order valence-electron chi connectivity index (χ4n) is 3.99. The van der Waals surface area contributed by atoms with Crippen molar-refractivity contribution in [3.05, 3.63) is 108 Å². The van der Waals surface area contributed by atoms with Crippen molar-refractivity contribution < 1.29 is 9.53 Å². The molecule has 130 valence electrons. The maximum absolute atomic E-state index is 12.8. The highest BCUT2D eigenvalue weighted by Crippen LogP contribution is 2.43. The highest BCUT2D eigenvalue weighted by atomic mass is 16.5. The summed E-state index contributed by atoms with van der Waals surface area (Å²) in [6.07, 6.45) is -0.251. The van der Waals surface area contributed by atoms with Crippen LogP contribution in [0.5, 0.6) is 0 Å². The van der Waals surface area contributed by atoms with Crippen LogP contribution in [-0.4, -0.2) is 12.4 Å². The lowest BCUT2D eigenvalue weighted by atomic mass is 9.83. The predicted octanol–water partition coefficient (Wildman–Crippen LogP) is 5.81. The Labute approximate surface area is 158 Å². The average Bonchev–Trinajstić information content (AvgIpc) is 2.74. The van der Waals surface area contributed by atoms with Gasteiger partial charge in [-0.25, -0.2) is 0 Å². The lowest BCUT2D eigenvalue weighted by Gasteiger charge is -2.29. The van der Waals surface area contributed by atoms with Crippen LogP contribution < -0.4 is 0 Å². The van der Waals surface area contributed by atoms with Gasteiger partial charge >= 0.3 is 0 Å². The monoisotopic (exact) mass is 350 g/mol. The van der Waals surface area contributed by atoms with Crippen LogP contribution in [0.15, 0.2) is 91.0 Å². The second kappa shape index (κ2) is 6.49. The zero-order valence-corrected chi connectivity index (χ0v) is 14.8. The fourth-order valence-corrected chi connectivity index (χ4v) is 3.99. The van der Waals surface area contributed by atoms with Crippen LogP contribution in [0.2, 0.25) is 0 Å². The van der Waals surface area contributed by atoms with E-state index >= 15 is 0 Å². The van der Waals surface area contributed by atoms with Crippen molar-refractivity contribution in [3.8, 4) is 11.1 Å². The molecule has 5 rings (SSSR count). The number of hydrogen-bond donors (Lipinski definition) is 0. The third kappa shape index (κ3) is 2.66. The summed E-state index contributed by atoms with van der Waals surface area (Å²) in [5, 5.41) is 2.22. The lowest BCUT2D eigenvalue weighted by Crippen LogP contribution is -2.24. The van der Waals surface area contributed by atoms with Gasteiger partial charge in [0.05, 0.1) is 0 Å². The quantitative estimate of drug-likeness (QED) is 0.456. The highest BCUT2D eigenvalue weighted by molar-refractivity contribution is 6.09. The molecule has 0 N–H and O–H groups in total.